The molecule has 1 aromatic rings. The number of nitrogens with two attached hydrogens (primary N) is 1. The van der Waals surface area contributed by atoms with Crippen LogP contribution in [-0.4, -0.2) is 10.5 Å². The van der Waals surface area contributed by atoms with Crippen molar-refractivity contribution in [2.75, 3.05) is 0 Å². The Hall–Kier alpha value is -0.410. The molecule has 80 valence electrons. The summed E-state index contributed by atoms with van der Waals surface area (Å²) in [5.41, 5.74) is 7.06. The third-order valence-corrected chi connectivity index (χ3v) is 3.07. The van der Waals surface area contributed by atoms with E-state index in [1.807, 2.05) is 0 Å². The zero-order valence-electron chi connectivity index (χ0n) is 9.50. The average molecular weight is 212 g/mol. The predicted octanol–water partition coefficient (Wildman–Crippen LogP) is 2.94. The largest absolute Gasteiger partial charge is 0.326 e. The van der Waals surface area contributed by atoms with Crippen molar-refractivity contribution in [3.05, 3.63) is 16.1 Å². The van der Waals surface area contributed by atoms with Gasteiger partial charge in [-0.3, -0.25) is 0 Å². The van der Waals surface area contributed by atoms with E-state index in [0.29, 0.717) is 5.92 Å². The van der Waals surface area contributed by atoms with Crippen LogP contribution in [-0.2, 0) is 6.42 Å². The molecule has 14 heavy (non-hydrogen) atoms. The lowest BCUT2D eigenvalue weighted by Crippen LogP contribution is -2.32. The first kappa shape index (κ1) is 11.7. The minimum Gasteiger partial charge on any atom is -0.326 e. The molecule has 0 bridgehead atoms. The van der Waals surface area contributed by atoms with Crippen LogP contribution in [0.25, 0.3) is 0 Å². The lowest BCUT2D eigenvalue weighted by molar-refractivity contribution is 0.476. The lowest BCUT2D eigenvalue weighted by atomic mass is 10.0. The van der Waals surface area contributed by atoms with Crippen LogP contribution >= 0.6 is 11.3 Å². The summed E-state index contributed by atoms with van der Waals surface area (Å²) in [7, 11) is 0. The molecule has 0 amide bonds. The molecule has 0 aliphatic heterocycles. The van der Waals surface area contributed by atoms with Gasteiger partial charge in [-0.2, -0.15) is 0 Å². The maximum absolute atomic E-state index is 5.93. The SMILES string of the molecule is CC(C)c1csc(CCC(C)(C)N)n1. The van der Waals surface area contributed by atoms with Gasteiger partial charge in [-0.05, 0) is 26.2 Å². The second-order valence-electron chi connectivity index (χ2n) is 4.81. The fraction of sp³-hybridized carbons (Fsp3) is 0.727. The molecule has 2 N–H and O–H groups in total. The van der Waals surface area contributed by atoms with Crippen molar-refractivity contribution < 1.29 is 0 Å². The first-order valence-corrected chi connectivity index (χ1v) is 5.99. The second-order valence-corrected chi connectivity index (χ2v) is 5.75. The van der Waals surface area contributed by atoms with Gasteiger partial charge in [0.15, 0.2) is 0 Å². The van der Waals surface area contributed by atoms with Gasteiger partial charge >= 0.3 is 0 Å². The van der Waals surface area contributed by atoms with Crippen LogP contribution in [0.2, 0.25) is 0 Å². The van der Waals surface area contributed by atoms with Gasteiger partial charge in [0.1, 0.15) is 0 Å². The minimum atomic E-state index is -0.0797. The highest BCUT2D eigenvalue weighted by Crippen LogP contribution is 2.20. The van der Waals surface area contributed by atoms with Crippen molar-refractivity contribution >= 4 is 11.3 Å². The number of nitrogens with zero attached hydrogens (tertiary/aromatic N) is 1. The van der Waals surface area contributed by atoms with Gasteiger partial charge in [0, 0.05) is 17.3 Å². The van der Waals surface area contributed by atoms with Crippen LogP contribution in [0, 0.1) is 0 Å². The highest BCUT2D eigenvalue weighted by Gasteiger charge is 2.12. The number of aromatic nitrogens is 1. The van der Waals surface area contributed by atoms with Gasteiger partial charge in [-0.15, -0.1) is 11.3 Å². The van der Waals surface area contributed by atoms with Crippen LogP contribution in [0.1, 0.15) is 50.7 Å². The fourth-order valence-electron chi connectivity index (χ4n) is 1.13. The van der Waals surface area contributed by atoms with Gasteiger partial charge in [0.2, 0.25) is 0 Å². The Bertz CT molecular complexity index is 284. The molecule has 0 aliphatic carbocycles. The third-order valence-electron chi connectivity index (χ3n) is 2.14. The number of thiazole rings is 1. The normalized spacial score (nSPS) is 12.4. The van der Waals surface area contributed by atoms with E-state index < -0.39 is 0 Å². The van der Waals surface area contributed by atoms with E-state index in [-0.39, 0.29) is 5.54 Å². The fourth-order valence-corrected chi connectivity index (χ4v) is 2.09. The summed E-state index contributed by atoms with van der Waals surface area (Å²) in [5.74, 6) is 0.533. The first-order valence-electron chi connectivity index (χ1n) is 5.11. The third kappa shape index (κ3) is 3.76. The summed E-state index contributed by atoms with van der Waals surface area (Å²) in [6.07, 6.45) is 2.00. The number of hydrogen-bond acceptors (Lipinski definition) is 3. The lowest BCUT2D eigenvalue weighted by Gasteiger charge is -2.16. The Labute approximate surface area is 90.6 Å². The summed E-state index contributed by atoms with van der Waals surface area (Å²) in [5, 5.41) is 3.37. The molecule has 0 aromatic carbocycles. The Morgan fingerprint density at radius 1 is 1.50 bits per heavy atom. The first-order chi connectivity index (χ1) is 6.38. The van der Waals surface area contributed by atoms with Gasteiger partial charge < -0.3 is 5.73 Å². The smallest absolute Gasteiger partial charge is 0.0929 e. The molecule has 1 rings (SSSR count). The van der Waals surface area contributed by atoms with Crippen molar-refractivity contribution in [3.63, 3.8) is 0 Å². The number of hydrogen-bond donors (Lipinski definition) is 1. The van der Waals surface area contributed by atoms with Crippen molar-refractivity contribution in [2.45, 2.75) is 52.0 Å². The second kappa shape index (κ2) is 4.41. The summed E-state index contributed by atoms with van der Waals surface area (Å²) < 4.78 is 0. The standard InChI is InChI=1S/C11H20N2S/c1-8(2)9-7-14-10(13-9)5-6-11(3,4)12/h7-8H,5-6,12H2,1-4H3. The van der Waals surface area contributed by atoms with Crippen LogP contribution < -0.4 is 5.73 Å². The summed E-state index contributed by atoms with van der Waals surface area (Å²) in [6.45, 7) is 8.46. The van der Waals surface area contributed by atoms with E-state index in [1.54, 1.807) is 11.3 Å². The quantitative estimate of drug-likeness (QED) is 0.833. The van der Waals surface area contributed by atoms with E-state index in [0.717, 1.165) is 12.8 Å². The van der Waals surface area contributed by atoms with Crippen LogP contribution in [0.5, 0.6) is 0 Å². The molecule has 2 nitrogen and oxygen atoms in total. The highest BCUT2D eigenvalue weighted by atomic mass is 32.1. The molecule has 0 saturated heterocycles. The molecular formula is C11H20N2S. The summed E-state index contributed by atoms with van der Waals surface area (Å²) in [4.78, 5) is 4.58. The van der Waals surface area contributed by atoms with Gasteiger partial charge in [0.05, 0.1) is 10.7 Å². The summed E-state index contributed by atoms with van der Waals surface area (Å²) in [6, 6.07) is 0. The molecule has 3 heteroatoms. The van der Waals surface area contributed by atoms with Gasteiger partial charge in [-0.25, -0.2) is 4.98 Å². The van der Waals surface area contributed by atoms with Crippen molar-refractivity contribution in [1.82, 2.24) is 4.98 Å². The molecule has 0 aliphatic rings. The number of aryl methyl sites for hydroxylation is 1. The maximum atomic E-state index is 5.93. The molecule has 0 unspecified atom stereocenters. The highest BCUT2D eigenvalue weighted by molar-refractivity contribution is 7.09. The molecule has 0 saturated carbocycles. The zero-order chi connectivity index (χ0) is 10.8. The Kier molecular flexibility index (Phi) is 3.67. The monoisotopic (exact) mass is 212 g/mol. The van der Waals surface area contributed by atoms with Gasteiger partial charge in [0.25, 0.3) is 0 Å². The van der Waals surface area contributed by atoms with E-state index in [2.05, 4.69) is 38.1 Å². The molecule has 0 spiro atoms. The molecule has 1 heterocycles. The molecule has 0 fully saturated rings. The van der Waals surface area contributed by atoms with Crippen molar-refractivity contribution in [1.29, 1.82) is 0 Å². The van der Waals surface area contributed by atoms with Crippen LogP contribution in [0.3, 0.4) is 0 Å². The van der Waals surface area contributed by atoms with Gasteiger partial charge in [-0.1, -0.05) is 13.8 Å². The Balaban J connectivity index is 2.52. The van der Waals surface area contributed by atoms with Crippen molar-refractivity contribution in [2.24, 2.45) is 5.73 Å². The molecular weight excluding hydrogens is 192 g/mol. The molecule has 0 atom stereocenters. The Morgan fingerprint density at radius 2 is 2.14 bits per heavy atom. The predicted molar refractivity (Wildman–Crippen MR) is 62.8 cm³/mol. The average Bonchev–Trinajstić information content (AvgIpc) is 2.47. The minimum absolute atomic E-state index is 0.0797. The van der Waals surface area contributed by atoms with E-state index in [9.17, 15) is 0 Å². The van der Waals surface area contributed by atoms with E-state index in [1.165, 1.54) is 10.7 Å². The summed E-state index contributed by atoms with van der Waals surface area (Å²) >= 11 is 1.75. The van der Waals surface area contributed by atoms with Crippen molar-refractivity contribution in [3.8, 4) is 0 Å². The maximum Gasteiger partial charge on any atom is 0.0929 e. The number of rotatable bonds is 4. The van der Waals surface area contributed by atoms with Crippen LogP contribution in [0.4, 0.5) is 0 Å². The Morgan fingerprint density at radius 3 is 2.57 bits per heavy atom. The zero-order valence-corrected chi connectivity index (χ0v) is 10.3. The van der Waals surface area contributed by atoms with Crippen LogP contribution in [0.15, 0.2) is 5.38 Å². The molecule has 1 aromatic heterocycles. The topological polar surface area (TPSA) is 38.9 Å². The van der Waals surface area contributed by atoms with E-state index in [4.69, 9.17) is 5.73 Å². The van der Waals surface area contributed by atoms with E-state index >= 15 is 0 Å². The molecule has 0 radical (unpaired) electrons.